The third-order valence-corrected chi connectivity index (χ3v) is 8.82. The number of nitrogens with two attached hydrogens (primary N) is 1. The highest BCUT2D eigenvalue weighted by Gasteiger charge is 2.68. The van der Waals surface area contributed by atoms with Gasteiger partial charge < -0.3 is 25.1 Å². The number of benzene rings is 1. The van der Waals surface area contributed by atoms with Crippen molar-refractivity contribution in [2.45, 2.75) is 95.5 Å². The van der Waals surface area contributed by atoms with Crippen molar-refractivity contribution in [1.29, 1.82) is 0 Å². The number of carbonyl (C=O) groups is 1. The first kappa shape index (κ1) is 23.3. The average molecular weight is 454 g/mol. The fourth-order valence-corrected chi connectivity index (χ4v) is 6.36. The molecule has 2 bridgehead atoms. The van der Waals surface area contributed by atoms with Crippen molar-refractivity contribution in [1.82, 2.24) is 5.32 Å². The number of hydrogen-bond donors (Lipinski definition) is 2. The van der Waals surface area contributed by atoms with Crippen molar-refractivity contribution in [3.63, 3.8) is 0 Å². The van der Waals surface area contributed by atoms with E-state index in [-0.39, 0.29) is 41.7 Å². The van der Waals surface area contributed by atoms with Crippen LogP contribution in [0.3, 0.4) is 0 Å². The molecule has 2 unspecified atom stereocenters. The lowest BCUT2D eigenvalue weighted by Gasteiger charge is -2.64. The van der Waals surface area contributed by atoms with E-state index in [1.54, 1.807) is 0 Å². The van der Waals surface area contributed by atoms with Crippen LogP contribution in [-0.4, -0.2) is 49.4 Å². The SMILES string of the molecule is CC1(C)[C@@H]2C[C@H]3OB(C(CCCc4ccccc4)NC(=O)C(N)COC4CC4)O[C@@]3(C)[C@H]1C2. The van der Waals surface area contributed by atoms with Crippen LogP contribution in [0.15, 0.2) is 30.3 Å². The number of hydrogen-bond acceptors (Lipinski definition) is 5. The Balaban J connectivity index is 1.24. The van der Waals surface area contributed by atoms with Gasteiger partial charge in [-0.2, -0.15) is 0 Å². The summed E-state index contributed by atoms with van der Waals surface area (Å²) in [4.78, 5) is 12.9. The first-order valence-corrected chi connectivity index (χ1v) is 12.8. The fourth-order valence-electron chi connectivity index (χ4n) is 6.36. The van der Waals surface area contributed by atoms with Crippen LogP contribution in [0.5, 0.6) is 0 Å². The van der Waals surface area contributed by atoms with Gasteiger partial charge in [0.15, 0.2) is 0 Å². The summed E-state index contributed by atoms with van der Waals surface area (Å²) in [6.07, 6.45) is 7.43. The van der Waals surface area contributed by atoms with Crippen molar-refractivity contribution >= 4 is 13.0 Å². The van der Waals surface area contributed by atoms with E-state index >= 15 is 0 Å². The van der Waals surface area contributed by atoms with Crippen LogP contribution in [0.25, 0.3) is 0 Å². The Morgan fingerprint density at radius 3 is 2.70 bits per heavy atom. The highest BCUT2D eigenvalue weighted by Crippen LogP contribution is 2.65. The van der Waals surface area contributed by atoms with Crippen molar-refractivity contribution in [2.24, 2.45) is 23.0 Å². The van der Waals surface area contributed by atoms with Crippen LogP contribution in [0, 0.1) is 17.3 Å². The van der Waals surface area contributed by atoms with Gasteiger partial charge in [0.25, 0.3) is 0 Å². The minimum atomic E-state index is -0.673. The third-order valence-electron chi connectivity index (χ3n) is 8.82. The molecule has 0 spiro atoms. The van der Waals surface area contributed by atoms with E-state index in [2.05, 4.69) is 50.4 Å². The number of carbonyl (C=O) groups excluding carboxylic acids is 1. The van der Waals surface area contributed by atoms with Gasteiger partial charge >= 0.3 is 7.12 Å². The fraction of sp³-hybridized carbons (Fsp3) is 0.731. The van der Waals surface area contributed by atoms with E-state index in [0.717, 1.165) is 38.5 Å². The molecule has 6 rings (SSSR count). The summed E-state index contributed by atoms with van der Waals surface area (Å²) < 4.78 is 18.9. The van der Waals surface area contributed by atoms with Gasteiger partial charge in [0, 0.05) is 0 Å². The first-order valence-electron chi connectivity index (χ1n) is 12.8. The standard InChI is InChI=1S/C26H39BN2O4/c1-25(2)18-14-21(25)26(3)22(15-18)32-27(33-26)23(11-7-10-17-8-5-4-6-9-17)29-24(30)20(28)16-31-19-12-13-19/h4-6,8-9,18-23H,7,10-16,28H2,1-3H3,(H,29,30)/t18-,20?,21-,22+,23?,26-/m0/s1. The maximum absolute atomic E-state index is 12.9. The van der Waals surface area contributed by atoms with Gasteiger partial charge in [0.2, 0.25) is 5.91 Å². The summed E-state index contributed by atoms with van der Waals surface area (Å²) in [6, 6.07) is 9.78. The van der Waals surface area contributed by atoms with Crippen molar-refractivity contribution in [3.8, 4) is 0 Å². The van der Waals surface area contributed by atoms with Gasteiger partial charge in [0.05, 0.1) is 30.4 Å². The smallest absolute Gasteiger partial charge is 0.404 e. The van der Waals surface area contributed by atoms with Gasteiger partial charge in [-0.3, -0.25) is 4.79 Å². The van der Waals surface area contributed by atoms with E-state index in [1.165, 1.54) is 12.0 Å². The monoisotopic (exact) mass is 454 g/mol. The number of aryl methyl sites for hydroxylation is 1. The van der Waals surface area contributed by atoms with Gasteiger partial charge in [0.1, 0.15) is 6.04 Å². The summed E-state index contributed by atoms with van der Waals surface area (Å²) in [5.74, 6) is 0.781. The molecule has 1 aromatic rings. The Morgan fingerprint density at radius 1 is 1.24 bits per heavy atom. The lowest BCUT2D eigenvalue weighted by molar-refractivity contribution is -0.199. The third kappa shape index (κ3) is 4.62. The van der Waals surface area contributed by atoms with E-state index in [1.807, 2.05) is 6.07 Å². The topological polar surface area (TPSA) is 82.8 Å². The van der Waals surface area contributed by atoms with E-state index in [4.69, 9.17) is 19.8 Å². The van der Waals surface area contributed by atoms with Gasteiger partial charge in [-0.25, -0.2) is 0 Å². The minimum Gasteiger partial charge on any atom is -0.404 e. The Labute approximate surface area is 198 Å². The highest BCUT2D eigenvalue weighted by atomic mass is 16.7. The molecule has 5 fully saturated rings. The molecule has 0 radical (unpaired) electrons. The molecule has 6 nitrogen and oxygen atoms in total. The average Bonchev–Trinajstić information content (AvgIpc) is 3.55. The molecule has 3 N–H and O–H groups in total. The number of nitrogens with one attached hydrogen (secondary N) is 1. The quantitative estimate of drug-likeness (QED) is 0.531. The van der Waals surface area contributed by atoms with E-state index in [9.17, 15) is 4.79 Å². The molecule has 1 amide bonds. The lowest BCUT2D eigenvalue weighted by atomic mass is 9.43. The van der Waals surface area contributed by atoms with Crippen LogP contribution < -0.4 is 11.1 Å². The van der Waals surface area contributed by atoms with Crippen LogP contribution in [0.4, 0.5) is 0 Å². The summed E-state index contributed by atoms with van der Waals surface area (Å²) in [7, 11) is -0.438. The van der Waals surface area contributed by atoms with Gasteiger partial charge in [-0.05, 0) is 74.7 Å². The Bertz CT molecular complexity index is 848. The molecule has 1 aromatic carbocycles. The second-order valence-corrected chi connectivity index (χ2v) is 11.5. The summed E-state index contributed by atoms with van der Waals surface area (Å²) in [5.41, 5.74) is 7.45. The molecular formula is C26H39BN2O4. The van der Waals surface area contributed by atoms with Crippen molar-refractivity contribution < 1.29 is 18.8 Å². The summed E-state index contributed by atoms with van der Waals surface area (Å²) >= 11 is 0. The molecule has 5 aliphatic rings. The van der Waals surface area contributed by atoms with E-state index in [0.29, 0.717) is 11.8 Å². The summed E-state index contributed by atoms with van der Waals surface area (Å²) in [6.45, 7) is 7.21. The van der Waals surface area contributed by atoms with E-state index < -0.39 is 13.2 Å². The first-order chi connectivity index (χ1) is 15.8. The maximum atomic E-state index is 12.9. The molecule has 0 aromatic heterocycles. The van der Waals surface area contributed by atoms with Gasteiger partial charge in [-0.15, -0.1) is 0 Å². The van der Waals surface area contributed by atoms with Crippen LogP contribution in [-0.2, 0) is 25.3 Å². The molecule has 1 saturated heterocycles. The number of amides is 1. The Morgan fingerprint density at radius 2 is 2.00 bits per heavy atom. The molecule has 33 heavy (non-hydrogen) atoms. The van der Waals surface area contributed by atoms with Crippen LogP contribution >= 0.6 is 0 Å². The molecule has 180 valence electrons. The largest absolute Gasteiger partial charge is 0.481 e. The number of rotatable bonds is 10. The Hall–Kier alpha value is -1.41. The number of ether oxygens (including phenoxy) is 1. The lowest BCUT2D eigenvalue weighted by Crippen LogP contribution is -2.65. The Kier molecular flexibility index (Phi) is 6.36. The zero-order valence-corrected chi connectivity index (χ0v) is 20.3. The van der Waals surface area contributed by atoms with Crippen molar-refractivity contribution in [2.75, 3.05) is 6.61 Å². The summed E-state index contributed by atoms with van der Waals surface area (Å²) in [5, 5.41) is 3.17. The molecule has 7 heteroatoms. The van der Waals surface area contributed by atoms with Crippen molar-refractivity contribution in [3.05, 3.63) is 35.9 Å². The maximum Gasteiger partial charge on any atom is 0.481 e. The highest BCUT2D eigenvalue weighted by molar-refractivity contribution is 6.47. The van der Waals surface area contributed by atoms with Crippen LogP contribution in [0.1, 0.15) is 64.9 Å². The molecular weight excluding hydrogens is 415 g/mol. The predicted octanol–water partition coefficient (Wildman–Crippen LogP) is 3.27. The predicted molar refractivity (Wildman–Crippen MR) is 128 cm³/mol. The molecule has 4 aliphatic carbocycles. The van der Waals surface area contributed by atoms with Gasteiger partial charge in [-0.1, -0.05) is 44.2 Å². The molecule has 1 heterocycles. The van der Waals surface area contributed by atoms with Crippen LogP contribution in [0.2, 0.25) is 0 Å². The minimum absolute atomic E-state index is 0.0969. The second kappa shape index (κ2) is 8.99. The zero-order valence-electron chi connectivity index (χ0n) is 20.3. The molecule has 4 saturated carbocycles. The molecule has 6 atom stereocenters. The second-order valence-electron chi connectivity index (χ2n) is 11.5. The normalized spacial score (nSPS) is 33.7. The zero-order chi connectivity index (χ0) is 23.2. The molecule has 1 aliphatic heterocycles.